The molecule has 82 valence electrons. The number of pyridine rings is 1. The van der Waals surface area contributed by atoms with Crippen molar-refractivity contribution in [3.05, 3.63) is 29.6 Å². The van der Waals surface area contributed by atoms with E-state index in [1.807, 2.05) is 32.9 Å². The van der Waals surface area contributed by atoms with E-state index in [-0.39, 0.29) is 5.91 Å². The molecule has 15 heavy (non-hydrogen) atoms. The Hall–Kier alpha value is -1.42. The molecule has 1 aromatic heterocycles. The molecule has 1 amide bonds. The number of hydrogen-bond donors (Lipinski definition) is 2. The molecule has 0 aliphatic heterocycles. The van der Waals surface area contributed by atoms with Gasteiger partial charge in [0.25, 0.3) is 5.91 Å². The van der Waals surface area contributed by atoms with Crippen LogP contribution in [-0.2, 0) is 0 Å². The van der Waals surface area contributed by atoms with Crippen LogP contribution in [0.4, 0.5) is 0 Å². The molecule has 1 aromatic rings. The first-order chi connectivity index (χ1) is 6.94. The van der Waals surface area contributed by atoms with Crippen molar-refractivity contribution in [2.75, 3.05) is 6.54 Å². The average Bonchev–Trinajstić information content (AvgIpc) is 2.17. The molecule has 0 unspecified atom stereocenters. The number of hydrogen-bond acceptors (Lipinski definition) is 3. The fraction of sp³-hybridized carbons (Fsp3) is 0.455. The minimum atomic E-state index is -0.400. The van der Waals surface area contributed by atoms with Crippen molar-refractivity contribution in [1.82, 2.24) is 10.3 Å². The van der Waals surface area contributed by atoms with Crippen LogP contribution in [0.15, 0.2) is 18.2 Å². The minimum Gasteiger partial charge on any atom is -0.345 e. The van der Waals surface area contributed by atoms with E-state index >= 15 is 0 Å². The number of nitrogens with two attached hydrogens (primary N) is 1. The molecule has 0 radical (unpaired) electrons. The monoisotopic (exact) mass is 207 g/mol. The van der Waals surface area contributed by atoms with Crippen molar-refractivity contribution in [3.8, 4) is 0 Å². The van der Waals surface area contributed by atoms with Gasteiger partial charge in [-0.05, 0) is 32.9 Å². The van der Waals surface area contributed by atoms with Crippen molar-refractivity contribution < 1.29 is 4.79 Å². The first kappa shape index (κ1) is 11.7. The normalized spacial score (nSPS) is 11.2. The zero-order valence-electron chi connectivity index (χ0n) is 9.37. The van der Waals surface area contributed by atoms with Gasteiger partial charge in [-0.3, -0.25) is 4.79 Å². The van der Waals surface area contributed by atoms with E-state index < -0.39 is 5.54 Å². The lowest BCUT2D eigenvalue weighted by molar-refractivity contribution is 0.0910. The van der Waals surface area contributed by atoms with Gasteiger partial charge < -0.3 is 11.1 Å². The van der Waals surface area contributed by atoms with Crippen LogP contribution < -0.4 is 11.1 Å². The van der Waals surface area contributed by atoms with Gasteiger partial charge in [0.2, 0.25) is 0 Å². The molecule has 0 saturated carbocycles. The summed E-state index contributed by atoms with van der Waals surface area (Å²) in [4.78, 5) is 15.9. The Bertz CT molecular complexity index is 361. The van der Waals surface area contributed by atoms with Gasteiger partial charge in [-0.15, -0.1) is 0 Å². The second kappa shape index (κ2) is 4.40. The van der Waals surface area contributed by atoms with E-state index in [2.05, 4.69) is 10.3 Å². The van der Waals surface area contributed by atoms with Crippen molar-refractivity contribution >= 4 is 5.91 Å². The molecule has 3 N–H and O–H groups in total. The number of carbonyl (C=O) groups excluding carboxylic acids is 1. The first-order valence-corrected chi connectivity index (χ1v) is 4.91. The Morgan fingerprint density at radius 3 is 2.73 bits per heavy atom. The summed E-state index contributed by atoms with van der Waals surface area (Å²) in [6, 6.07) is 5.35. The van der Waals surface area contributed by atoms with Crippen LogP contribution in [0.1, 0.15) is 30.0 Å². The molecule has 1 heterocycles. The molecule has 4 heteroatoms. The van der Waals surface area contributed by atoms with E-state index in [0.29, 0.717) is 12.2 Å². The van der Waals surface area contributed by atoms with E-state index in [1.54, 1.807) is 6.07 Å². The van der Waals surface area contributed by atoms with E-state index in [9.17, 15) is 4.79 Å². The zero-order chi connectivity index (χ0) is 11.5. The highest BCUT2D eigenvalue weighted by Gasteiger charge is 2.19. The van der Waals surface area contributed by atoms with E-state index in [1.165, 1.54) is 0 Å². The fourth-order valence-electron chi connectivity index (χ4n) is 1.09. The highest BCUT2D eigenvalue weighted by Crippen LogP contribution is 2.03. The molecule has 0 spiro atoms. The molecule has 0 aromatic carbocycles. The third kappa shape index (κ3) is 3.32. The third-order valence-electron chi connectivity index (χ3n) is 2.08. The molecule has 0 aliphatic carbocycles. The zero-order valence-corrected chi connectivity index (χ0v) is 9.37. The molecular weight excluding hydrogens is 190 g/mol. The maximum Gasteiger partial charge on any atom is 0.270 e. The van der Waals surface area contributed by atoms with Crippen molar-refractivity contribution in [1.29, 1.82) is 0 Å². The van der Waals surface area contributed by atoms with E-state index in [0.717, 1.165) is 5.69 Å². The quantitative estimate of drug-likeness (QED) is 0.772. The Morgan fingerprint density at radius 1 is 1.53 bits per heavy atom. The van der Waals surface area contributed by atoms with Crippen LogP contribution >= 0.6 is 0 Å². The van der Waals surface area contributed by atoms with Crippen LogP contribution in [0.25, 0.3) is 0 Å². The van der Waals surface area contributed by atoms with Crippen LogP contribution in [0.3, 0.4) is 0 Å². The fourth-order valence-corrected chi connectivity index (χ4v) is 1.09. The lowest BCUT2D eigenvalue weighted by atomic mass is 10.1. The lowest BCUT2D eigenvalue weighted by Crippen LogP contribution is -2.49. The summed E-state index contributed by atoms with van der Waals surface area (Å²) in [6.45, 7) is 6.00. The van der Waals surface area contributed by atoms with Gasteiger partial charge in [-0.25, -0.2) is 4.98 Å². The highest BCUT2D eigenvalue weighted by molar-refractivity contribution is 5.92. The molecule has 0 saturated heterocycles. The van der Waals surface area contributed by atoms with Crippen LogP contribution in [0.2, 0.25) is 0 Å². The smallest absolute Gasteiger partial charge is 0.270 e. The van der Waals surface area contributed by atoms with Crippen LogP contribution in [0.5, 0.6) is 0 Å². The summed E-state index contributed by atoms with van der Waals surface area (Å²) in [5.74, 6) is -0.186. The maximum absolute atomic E-state index is 11.7. The summed E-state index contributed by atoms with van der Waals surface area (Å²) in [6.07, 6.45) is 0. The lowest BCUT2D eigenvalue weighted by Gasteiger charge is -2.23. The molecular formula is C11H17N3O. The van der Waals surface area contributed by atoms with Gasteiger partial charge in [-0.1, -0.05) is 6.07 Å². The topological polar surface area (TPSA) is 68.0 Å². The third-order valence-corrected chi connectivity index (χ3v) is 2.08. The average molecular weight is 207 g/mol. The van der Waals surface area contributed by atoms with Crippen molar-refractivity contribution in [3.63, 3.8) is 0 Å². The summed E-state index contributed by atoms with van der Waals surface area (Å²) in [5, 5.41) is 2.82. The number of nitrogens with zero attached hydrogens (tertiary/aromatic N) is 1. The molecule has 0 bridgehead atoms. The Labute approximate surface area is 89.9 Å². The summed E-state index contributed by atoms with van der Waals surface area (Å²) >= 11 is 0. The first-order valence-electron chi connectivity index (χ1n) is 4.91. The Morgan fingerprint density at radius 2 is 2.20 bits per heavy atom. The summed E-state index contributed by atoms with van der Waals surface area (Å²) in [5.41, 5.74) is 6.38. The molecule has 0 aliphatic rings. The highest BCUT2D eigenvalue weighted by atomic mass is 16.2. The predicted octanol–water partition coefficient (Wildman–Crippen LogP) is 0.857. The number of amides is 1. The van der Waals surface area contributed by atoms with Gasteiger partial charge in [0.1, 0.15) is 5.69 Å². The van der Waals surface area contributed by atoms with E-state index in [4.69, 9.17) is 5.73 Å². The Kier molecular flexibility index (Phi) is 3.42. The van der Waals surface area contributed by atoms with Crippen molar-refractivity contribution in [2.24, 2.45) is 5.73 Å². The predicted molar refractivity (Wildman–Crippen MR) is 59.6 cm³/mol. The summed E-state index contributed by atoms with van der Waals surface area (Å²) in [7, 11) is 0. The summed E-state index contributed by atoms with van der Waals surface area (Å²) < 4.78 is 0. The number of carbonyl (C=O) groups is 1. The standard InChI is InChI=1S/C11H17N3O/c1-8-5-4-6-9(13-8)10(15)14-11(2,3)7-12/h4-6H,7,12H2,1-3H3,(H,14,15). The van der Waals surface area contributed by atoms with Crippen LogP contribution in [0, 0.1) is 6.92 Å². The van der Waals surface area contributed by atoms with Gasteiger partial charge in [0, 0.05) is 17.8 Å². The number of aromatic nitrogens is 1. The largest absolute Gasteiger partial charge is 0.345 e. The second-order valence-electron chi connectivity index (χ2n) is 4.21. The SMILES string of the molecule is Cc1cccc(C(=O)NC(C)(C)CN)n1. The second-order valence-corrected chi connectivity index (χ2v) is 4.21. The van der Waals surface area contributed by atoms with Crippen molar-refractivity contribution in [2.45, 2.75) is 26.3 Å². The molecule has 0 atom stereocenters. The number of rotatable bonds is 3. The van der Waals surface area contributed by atoms with Gasteiger partial charge >= 0.3 is 0 Å². The van der Waals surface area contributed by atoms with Gasteiger partial charge in [0.05, 0.1) is 0 Å². The van der Waals surface area contributed by atoms with Crippen LogP contribution in [-0.4, -0.2) is 23.0 Å². The van der Waals surface area contributed by atoms with Gasteiger partial charge in [0.15, 0.2) is 0 Å². The molecule has 4 nitrogen and oxygen atoms in total. The molecule has 0 fully saturated rings. The molecule has 1 rings (SSSR count). The van der Waals surface area contributed by atoms with Gasteiger partial charge in [-0.2, -0.15) is 0 Å². The maximum atomic E-state index is 11.7. The minimum absolute atomic E-state index is 0.186. The number of aryl methyl sites for hydroxylation is 1. The Balaban J connectivity index is 2.78. The number of nitrogens with one attached hydrogen (secondary N) is 1.